The van der Waals surface area contributed by atoms with Crippen LogP contribution in [-0.2, 0) is 14.3 Å². The van der Waals surface area contributed by atoms with Gasteiger partial charge in [-0.05, 0) is 25.8 Å². The van der Waals surface area contributed by atoms with Gasteiger partial charge >= 0.3 is 5.97 Å². The van der Waals surface area contributed by atoms with Crippen LogP contribution in [0.3, 0.4) is 0 Å². The van der Waals surface area contributed by atoms with Gasteiger partial charge in [-0.3, -0.25) is 9.59 Å². The van der Waals surface area contributed by atoms with Crippen molar-refractivity contribution in [2.24, 2.45) is 5.73 Å². The van der Waals surface area contributed by atoms with Gasteiger partial charge in [0.1, 0.15) is 11.3 Å². The highest BCUT2D eigenvalue weighted by Crippen LogP contribution is 2.31. The Labute approximate surface area is 113 Å². The molecule has 2 N–H and O–H groups in total. The fourth-order valence-electron chi connectivity index (χ4n) is 2.27. The Kier molecular flexibility index (Phi) is 5.24. The SMILES string of the molecule is CCOC(=O)[C@](N)(CC)[C@H](C(C)=O)c1ccccc1. The minimum absolute atomic E-state index is 0.136. The second-order valence-corrected chi connectivity index (χ2v) is 4.57. The highest BCUT2D eigenvalue weighted by molar-refractivity contribution is 5.94. The van der Waals surface area contributed by atoms with Crippen molar-refractivity contribution in [2.45, 2.75) is 38.6 Å². The predicted octanol–water partition coefficient (Wildman–Crippen LogP) is 2.03. The van der Waals surface area contributed by atoms with Crippen LogP contribution in [0.15, 0.2) is 30.3 Å². The molecule has 1 aromatic carbocycles. The average Bonchev–Trinajstić information content (AvgIpc) is 2.39. The summed E-state index contributed by atoms with van der Waals surface area (Å²) in [6.07, 6.45) is 0.338. The zero-order valence-electron chi connectivity index (χ0n) is 11.7. The normalized spacial score (nSPS) is 15.4. The van der Waals surface area contributed by atoms with E-state index in [9.17, 15) is 9.59 Å². The van der Waals surface area contributed by atoms with Gasteiger partial charge in [0.2, 0.25) is 0 Å². The van der Waals surface area contributed by atoms with E-state index in [1.54, 1.807) is 13.8 Å². The van der Waals surface area contributed by atoms with Gasteiger partial charge in [-0.25, -0.2) is 0 Å². The fourth-order valence-corrected chi connectivity index (χ4v) is 2.27. The summed E-state index contributed by atoms with van der Waals surface area (Å²) in [4.78, 5) is 24.1. The van der Waals surface area contributed by atoms with Crippen LogP contribution in [0.2, 0.25) is 0 Å². The summed E-state index contributed by atoms with van der Waals surface area (Å²) in [6.45, 7) is 5.21. The lowest BCUT2D eigenvalue weighted by Gasteiger charge is -2.33. The van der Waals surface area contributed by atoms with E-state index in [2.05, 4.69) is 0 Å². The molecular weight excluding hydrogens is 242 g/mol. The average molecular weight is 263 g/mol. The van der Waals surface area contributed by atoms with E-state index in [0.29, 0.717) is 6.42 Å². The van der Waals surface area contributed by atoms with Crippen molar-refractivity contribution in [3.05, 3.63) is 35.9 Å². The number of nitrogens with two attached hydrogens (primary N) is 1. The Bertz CT molecular complexity index is 444. The number of hydrogen-bond donors (Lipinski definition) is 1. The summed E-state index contributed by atoms with van der Waals surface area (Å²) in [6, 6.07) is 9.12. The van der Waals surface area contributed by atoms with E-state index >= 15 is 0 Å². The number of Topliss-reactive ketones (excluding diaryl/α,β-unsaturated/α-hetero) is 1. The summed E-state index contributed by atoms with van der Waals surface area (Å²) in [7, 11) is 0. The van der Waals surface area contributed by atoms with E-state index in [0.717, 1.165) is 5.56 Å². The number of ketones is 1. The number of esters is 1. The molecule has 1 rings (SSSR count). The Morgan fingerprint density at radius 2 is 1.84 bits per heavy atom. The Morgan fingerprint density at radius 1 is 1.26 bits per heavy atom. The van der Waals surface area contributed by atoms with Gasteiger partial charge in [0.25, 0.3) is 0 Å². The minimum atomic E-state index is -1.32. The molecule has 0 spiro atoms. The summed E-state index contributed by atoms with van der Waals surface area (Å²) in [5.74, 6) is -1.34. The zero-order chi connectivity index (χ0) is 14.5. The van der Waals surface area contributed by atoms with Crippen LogP contribution in [0.1, 0.15) is 38.7 Å². The third-order valence-electron chi connectivity index (χ3n) is 3.30. The molecule has 0 aliphatic heterocycles. The topological polar surface area (TPSA) is 69.4 Å². The first-order chi connectivity index (χ1) is 8.97. The molecule has 0 aliphatic rings. The van der Waals surface area contributed by atoms with Gasteiger partial charge in [0.05, 0.1) is 12.5 Å². The van der Waals surface area contributed by atoms with Gasteiger partial charge in [0, 0.05) is 0 Å². The van der Waals surface area contributed by atoms with Crippen LogP contribution in [-0.4, -0.2) is 23.9 Å². The van der Waals surface area contributed by atoms with Crippen LogP contribution < -0.4 is 5.73 Å². The molecule has 0 fully saturated rings. The number of benzene rings is 1. The number of carbonyl (C=O) groups excluding carboxylic acids is 2. The largest absolute Gasteiger partial charge is 0.465 e. The van der Waals surface area contributed by atoms with Gasteiger partial charge in [0.15, 0.2) is 0 Å². The molecule has 1 aromatic rings. The van der Waals surface area contributed by atoms with Crippen molar-refractivity contribution in [1.82, 2.24) is 0 Å². The van der Waals surface area contributed by atoms with E-state index < -0.39 is 17.4 Å². The molecule has 0 amide bonds. The highest BCUT2D eigenvalue weighted by Gasteiger charge is 2.45. The third kappa shape index (κ3) is 3.20. The lowest BCUT2D eigenvalue weighted by Crippen LogP contribution is -2.55. The molecule has 0 aliphatic carbocycles. The summed E-state index contributed by atoms with van der Waals surface area (Å²) in [5.41, 5.74) is 5.64. The van der Waals surface area contributed by atoms with Crippen LogP contribution in [0.5, 0.6) is 0 Å². The molecule has 0 aromatic heterocycles. The lowest BCUT2D eigenvalue weighted by atomic mass is 9.76. The lowest BCUT2D eigenvalue weighted by molar-refractivity contribution is -0.152. The van der Waals surface area contributed by atoms with E-state index in [1.807, 2.05) is 30.3 Å². The number of rotatable bonds is 6. The molecule has 0 saturated heterocycles. The standard InChI is InChI=1S/C15H21NO3/c1-4-15(16,14(18)19-5-2)13(11(3)17)12-9-7-6-8-10-12/h6-10,13H,4-5,16H2,1-3H3/t13-,15+/m1/s1. The Balaban J connectivity index is 3.23. The van der Waals surface area contributed by atoms with E-state index in [1.165, 1.54) is 6.92 Å². The molecule has 0 heterocycles. The molecule has 19 heavy (non-hydrogen) atoms. The van der Waals surface area contributed by atoms with E-state index in [4.69, 9.17) is 10.5 Å². The Morgan fingerprint density at radius 3 is 2.26 bits per heavy atom. The molecule has 4 heteroatoms. The van der Waals surface area contributed by atoms with Crippen molar-refractivity contribution in [1.29, 1.82) is 0 Å². The van der Waals surface area contributed by atoms with Gasteiger partial charge in [-0.2, -0.15) is 0 Å². The molecular formula is C15H21NO3. The maximum atomic E-state index is 12.1. The van der Waals surface area contributed by atoms with Crippen molar-refractivity contribution >= 4 is 11.8 Å². The monoisotopic (exact) mass is 263 g/mol. The van der Waals surface area contributed by atoms with Crippen LogP contribution in [0.25, 0.3) is 0 Å². The molecule has 0 saturated carbocycles. The van der Waals surface area contributed by atoms with Gasteiger partial charge in [-0.1, -0.05) is 37.3 Å². The van der Waals surface area contributed by atoms with Gasteiger partial charge in [-0.15, -0.1) is 0 Å². The molecule has 0 bridgehead atoms. The van der Waals surface area contributed by atoms with E-state index in [-0.39, 0.29) is 12.4 Å². The van der Waals surface area contributed by atoms with Crippen molar-refractivity contribution in [3.63, 3.8) is 0 Å². The highest BCUT2D eigenvalue weighted by atomic mass is 16.5. The molecule has 2 atom stereocenters. The summed E-state index contributed by atoms with van der Waals surface area (Å²) >= 11 is 0. The maximum absolute atomic E-state index is 12.1. The minimum Gasteiger partial charge on any atom is -0.465 e. The quantitative estimate of drug-likeness (QED) is 0.797. The van der Waals surface area contributed by atoms with Gasteiger partial charge < -0.3 is 10.5 Å². The molecule has 4 nitrogen and oxygen atoms in total. The first-order valence-electron chi connectivity index (χ1n) is 6.48. The number of carbonyl (C=O) groups is 2. The molecule has 0 radical (unpaired) electrons. The first-order valence-corrected chi connectivity index (χ1v) is 6.48. The third-order valence-corrected chi connectivity index (χ3v) is 3.30. The van der Waals surface area contributed by atoms with Crippen LogP contribution >= 0.6 is 0 Å². The predicted molar refractivity (Wildman–Crippen MR) is 73.7 cm³/mol. The number of ether oxygens (including phenoxy) is 1. The second-order valence-electron chi connectivity index (χ2n) is 4.57. The number of hydrogen-bond acceptors (Lipinski definition) is 4. The van der Waals surface area contributed by atoms with Crippen LogP contribution in [0.4, 0.5) is 0 Å². The molecule has 104 valence electrons. The Hall–Kier alpha value is -1.68. The van der Waals surface area contributed by atoms with Crippen molar-refractivity contribution < 1.29 is 14.3 Å². The summed E-state index contributed by atoms with van der Waals surface area (Å²) < 4.78 is 5.03. The fraction of sp³-hybridized carbons (Fsp3) is 0.467. The van der Waals surface area contributed by atoms with Crippen molar-refractivity contribution in [3.8, 4) is 0 Å². The van der Waals surface area contributed by atoms with Crippen molar-refractivity contribution in [2.75, 3.05) is 6.61 Å². The smallest absolute Gasteiger partial charge is 0.327 e. The zero-order valence-corrected chi connectivity index (χ0v) is 11.7. The summed E-state index contributed by atoms with van der Waals surface area (Å²) in [5, 5.41) is 0. The molecule has 0 unspecified atom stereocenters. The second kappa shape index (κ2) is 6.48. The van der Waals surface area contributed by atoms with Crippen LogP contribution in [0, 0.1) is 0 Å². The maximum Gasteiger partial charge on any atom is 0.327 e. The first kappa shape index (κ1) is 15.4.